The molecule has 8 aromatic rings. The zero-order valence-corrected chi connectivity index (χ0v) is 31.5. The smallest absolute Gasteiger partial charge is 0.103 e. The van der Waals surface area contributed by atoms with Crippen LogP contribution in [0.15, 0.2) is 210 Å². The molecule has 1 spiro atoms. The highest BCUT2D eigenvalue weighted by Gasteiger charge is 2.50. The number of benzene rings is 8. The third-order valence-electron chi connectivity index (χ3n) is 11.3. The highest BCUT2D eigenvalue weighted by molar-refractivity contribution is 7.99. The van der Waals surface area contributed by atoms with E-state index in [0.717, 1.165) is 11.4 Å². The Bertz CT molecular complexity index is 2470. The highest BCUT2D eigenvalue weighted by atomic mass is 32.2. The molecule has 2 aliphatic heterocycles. The van der Waals surface area contributed by atoms with E-state index in [1.807, 2.05) is 11.8 Å². The zero-order valence-electron chi connectivity index (χ0n) is 29.5. The van der Waals surface area contributed by atoms with Crippen LogP contribution in [0.25, 0.3) is 22.3 Å². The Hall–Kier alpha value is -5.87. The van der Waals surface area contributed by atoms with E-state index in [4.69, 9.17) is 0 Å². The number of hydrogen-bond donors (Lipinski definition) is 0. The van der Waals surface area contributed by atoms with Gasteiger partial charge in [-0.1, -0.05) is 181 Å². The number of hydrogen-bond acceptors (Lipinski definition) is 2. The van der Waals surface area contributed by atoms with Crippen molar-refractivity contribution in [1.82, 2.24) is 0 Å². The molecule has 252 valence electrons. The van der Waals surface area contributed by atoms with Crippen molar-refractivity contribution in [2.45, 2.75) is 21.8 Å². The molecular formula is C50H37NSSi. The summed E-state index contributed by atoms with van der Waals surface area (Å²) in [5.74, 6) is 0. The summed E-state index contributed by atoms with van der Waals surface area (Å²) in [5, 5.41) is 3.02. The molecule has 0 bridgehead atoms. The molecule has 3 heteroatoms. The van der Waals surface area contributed by atoms with Crippen molar-refractivity contribution in [1.29, 1.82) is 0 Å². The van der Waals surface area contributed by atoms with Crippen LogP contribution in [0.5, 0.6) is 0 Å². The fraction of sp³-hybridized carbons (Fsp3) is 0.0400. The Balaban J connectivity index is 1.24. The Morgan fingerprint density at radius 2 is 0.830 bits per heavy atom. The summed E-state index contributed by atoms with van der Waals surface area (Å²) >= 11 is 1.90. The van der Waals surface area contributed by atoms with Crippen LogP contribution in [0.1, 0.15) is 22.3 Å². The van der Waals surface area contributed by atoms with E-state index < -0.39 is 14.2 Å². The van der Waals surface area contributed by atoms with Crippen molar-refractivity contribution < 1.29 is 0 Å². The molecule has 0 aliphatic carbocycles. The summed E-state index contributed by atoms with van der Waals surface area (Å²) in [6.07, 6.45) is 0. The summed E-state index contributed by atoms with van der Waals surface area (Å²) in [5.41, 5.74) is 13.6. The molecule has 0 saturated heterocycles. The topological polar surface area (TPSA) is 3.24 Å². The molecule has 0 fully saturated rings. The highest BCUT2D eigenvalue weighted by Crippen LogP contribution is 2.56. The number of rotatable bonds is 5. The number of anilines is 3. The van der Waals surface area contributed by atoms with Crippen LogP contribution < -0.4 is 15.3 Å². The Kier molecular flexibility index (Phi) is 7.78. The van der Waals surface area contributed by atoms with Gasteiger partial charge in [-0.2, -0.15) is 0 Å². The third-order valence-corrected chi connectivity index (χ3v) is 15.3. The predicted molar refractivity (Wildman–Crippen MR) is 227 cm³/mol. The molecule has 1 unspecified atom stereocenters. The van der Waals surface area contributed by atoms with Crippen LogP contribution in [-0.2, 0) is 5.41 Å². The average molecular weight is 712 g/mol. The van der Waals surface area contributed by atoms with Crippen LogP contribution >= 0.6 is 11.8 Å². The van der Waals surface area contributed by atoms with E-state index in [2.05, 4.69) is 212 Å². The fourth-order valence-electron chi connectivity index (χ4n) is 8.92. The minimum absolute atomic E-state index is 0.431. The van der Waals surface area contributed by atoms with Gasteiger partial charge in [0.25, 0.3) is 0 Å². The normalized spacial score (nSPS) is 14.8. The lowest BCUT2D eigenvalue weighted by molar-refractivity contribution is 0.707. The summed E-state index contributed by atoms with van der Waals surface area (Å²) in [6.45, 7) is 2.54. The van der Waals surface area contributed by atoms with E-state index in [9.17, 15) is 0 Å². The maximum atomic E-state index is 2.54. The van der Waals surface area contributed by atoms with Crippen LogP contribution in [0, 0.1) is 0 Å². The van der Waals surface area contributed by atoms with Crippen LogP contribution in [0.4, 0.5) is 17.1 Å². The van der Waals surface area contributed by atoms with Gasteiger partial charge < -0.3 is 4.90 Å². The molecule has 2 aliphatic rings. The molecular weight excluding hydrogens is 675 g/mol. The van der Waals surface area contributed by atoms with Gasteiger partial charge in [0.1, 0.15) is 8.80 Å². The second kappa shape index (κ2) is 13.0. The van der Waals surface area contributed by atoms with Gasteiger partial charge in [-0.3, -0.25) is 0 Å². The van der Waals surface area contributed by atoms with Crippen molar-refractivity contribution in [3.8, 4) is 22.3 Å². The van der Waals surface area contributed by atoms with E-state index in [-0.39, 0.29) is 0 Å². The summed E-state index contributed by atoms with van der Waals surface area (Å²) in [4.78, 5) is 5.18. The van der Waals surface area contributed by atoms with E-state index in [1.54, 1.807) is 0 Å². The lowest BCUT2D eigenvalue weighted by atomic mass is 9.64. The molecule has 0 amide bonds. The van der Waals surface area contributed by atoms with Crippen molar-refractivity contribution in [3.63, 3.8) is 0 Å². The second-order valence-electron chi connectivity index (χ2n) is 14.1. The van der Waals surface area contributed by atoms with Gasteiger partial charge in [0.05, 0.1) is 5.41 Å². The fourth-order valence-corrected chi connectivity index (χ4v) is 13.0. The Morgan fingerprint density at radius 1 is 0.396 bits per heavy atom. The first-order valence-corrected chi connectivity index (χ1v) is 21.5. The Labute approximate surface area is 317 Å². The first-order valence-electron chi connectivity index (χ1n) is 18.4. The van der Waals surface area contributed by atoms with Gasteiger partial charge in [-0.15, -0.1) is 0 Å². The van der Waals surface area contributed by atoms with Gasteiger partial charge >= 0.3 is 0 Å². The van der Waals surface area contributed by atoms with Crippen molar-refractivity contribution >= 4 is 48.0 Å². The molecule has 53 heavy (non-hydrogen) atoms. The molecule has 2 heterocycles. The minimum Gasteiger partial charge on any atom is -0.311 e. The average Bonchev–Trinajstić information content (AvgIpc) is 3.23. The van der Waals surface area contributed by atoms with Crippen LogP contribution in [-0.4, -0.2) is 8.80 Å². The quantitative estimate of drug-likeness (QED) is 0.164. The lowest BCUT2D eigenvalue weighted by Gasteiger charge is -2.48. The van der Waals surface area contributed by atoms with Gasteiger partial charge in [0, 0.05) is 26.9 Å². The monoisotopic (exact) mass is 711 g/mol. The minimum atomic E-state index is -1.72. The molecule has 1 nitrogen and oxygen atoms in total. The van der Waals surface area contributed by atoms with Gasteiger partial charge in [-0.05, 0) is 92.2 Å². The molecule has 0 radical (unpaired) electrons. The van der Waals surface area contributed by atoms with Gasteiger partial charge in [-0.25, -0.2) is 0 Å². The summed E-state index contributed by atoms with van der Waals surface area (Å²) in [7, 11) is -1.72. The predicted octanol–water partition coefficient (Wildman–Crippen LogP) is 11.6. The Morgan fingerprint density at radius 3 is 1.38 bits per heavy atom. The van der Waals surface area contributed by atoms with E-state index in [1.165, 1.54) is 70.4 Å². The molecule has 0 saturated carbocycles. The second-order valence-corrected chi connectivity index (χ2v) is 17.8. The van der Waals surface area contributed by atoms with Crippen molar-refractivity contribution in [2.24, 2.45) is 0 Å². The molecule has 8 aromatic carbocycles. The molecule has 0 aromatic heterocycles. The van der Waals surface area contributed by atoms with Gasteiger partial charge in [0.2, 0.25) is 0 Å². The van der Waals surface area contributed by atoms with Crippen LogP contribution in [0.2, 0.25) is 6.55 Å². The van der Waals surface area contributed by atoms with Crippen LogP contribution in [0.3, 0.4) is 0 Å². The standard InChI is InChI=1S/C50H37NSSi/c1-53-48-26-13-10-21-43(48)50(41-19-8-11-24-46(41)52-47-25-12-9-20-42(47)50)44-22-14-23-45(49(44)53)51(39-31-27-37(28-32-39)35-15-4-2-5-16-35)40-33-29-38(30-34-40)36-17-6-3-7-18-36/h2-34,53H,1H3. The lowest BCUT2D eigenvalue weighted by Crippen LogP contribution is -2.56. The first kappa shape index (κ1) is 31.8. The van der Waals surface area contributed by atoms with E-state index >= 15 is 0 Å². The third kappa shape index (κ3) is 5.07. The van der Waals surface area contributed by atoms with Crippen molar-refractivity contribution in [2.75, 3.05) is 4.90 Å². The maximum absolute atomic E-state index is 2.54. The largest absolute Gasteiger partial charge is 0.311 e. The molecule has 0 N–H and O–H groups in total. The maximum Gasteiger partial charge on any atom is 0.103 e. The number of fused-ring (bicyclic) bond motifs is 8. The summed E-state index contributed by atoms with van der Waals surface area (Å²) < 4.78 is 0. The van der Waals surface area contributed by atoms with Gasteiger partial charge in [0.15, 0.2) is 0 Å². The first-order chi connectivity index (χ1) is 26.2. The zero-order chi connectivity index (χ0) is 35.4. The SMILES string of the molecule is C[SiH]1c2ccccc2C2(c3ccccc3Sc3ccccc32)c2cccc(N(c3ccc(-c4ccccc4)cc3)c3ccc(-c4ccccc4)cc3)c21. The van der Waals surface area contributed by atoms with Crippen molar-refractivity contribution in [3.05, 3.63) is 222 Å². The van der Waals surface area contributed by atoms with E-state index in [0.29, 0.717) is 0 Å². The summed E-state index contributed by atoms with van der Waals surface area (Å²) in [6, 6.07) is 74.3. The number of nitrogens with zero attached hydrogens (tertiary/aromatic N) is 1. The molecule has 1 atom stereocenters. The molecule has 10 rings (SSSR count).